The summed E-state index contributed by atoms with van der Waals surface area (Å²) in [7, 11) is 0. The van der Waals surface area contributed by atoms with E-state index in [0.29, 0.717) is 0 Å². The molecule has 1 fully saturated rings. The first-order valence-corrected chi connectivity index (χ1v) is 10.3. The third kappa shape index (κ3) is 3.03. The summed E-state index contributed by atoms with van der Waals surface area (Å²) in [5, 5.41) is 25.9. The maximum Gasteiger partial charge on any atom is 0.392 e. The number of ether oxygens (including phenoxy) is 3. The molecule has 0 aliphatic carbocycles. The third-order valence-electron chi connectivity index (χ3n) is 5.92. The lowest BCUT2D eigenvalue weighted by Crippen LogP contribution is -2.60. The minimum absolute atomic E-state index is 0.00273. The number of phenolic OH excluding ortho intramolecular Hbond substituents is 1. The number of nitrogens with one attached hydrogen (secondary N) is 1. The van der Waals surface area contributed by atoms with Crippen LogP contribution < -0.4 is 10.1 Å². The predicted octanol–water partition coefficient (Wildman–Crippen LogP) is 2.19. The van der Waals surface area contributed by atoms with Gasteiger partial charge in [-0.15, -0.1) is 0 Å². The lowest BCUT2D eigenvalue weighted by molar-refractivity contribution is -0.619. The molecule has 0 bridgehead atoms. The van der Waals surface area contributed by atoms with Gasteiger partial charge in [0.2, 0.25) is 5.54 Å². The molecule has 33 heavy (non-hydrogen) atoms. The van der Waals surface area contributed by atoms with Crippen LogP contribution in [0, 0.1) is 15.9 Å². The number of fused-ring (bicyclic) bond motifs is 3. The van der Waals surface area contributed by atoms with Crippen LogP contribution in [0.3, 0.4) is 0 Å². The highest BCUT2D eigenvalue weighted by Gasteiger charge is 2.82. The fourth-order valence-corrected chi connectivity index (χ4v) is 4.69. The van der Waals surface area contributed by atoms with Crippen molar-refractivity contribution >= 4 is 11.9 Å². The molecule has 2 aliphatic rings. The molecule has 0 unspecified atom stereocenters. The average Bonchev–Trinajstić information content (AvgIpc) is 3.27. The molecule has 0 aromatic heterocycles. The number of nitro groups is 1. The SMILES string of the molecule is CCOC(=O)C1(C(=O)OCC)N[C@@H](c2ccccc2O)[C@]2([N+](=O)[O-])Oc3ccc(F)cc3[C@H]12. The van der Waals surface area contributed by atoms with Gasteiger partial charge in [0, 0.05) is 11.1 Å². The van der Waals surface area contributed by atoms with Crippen LogP contribution in [0.25, 0.3) is 0 Å². The van der Waals surface area contributed by atoms with Crippen molar-refractivity contribution in [2.45, 2.75) is 37.1 Å². The normalized spacial score (nSPS) is 24.3. The number of carbonyl (C=O) groups is 2. The number of halogens is 1. The largest absolute Gasteiger partial charge is 0.508 e. The van der Waals surface area contributed by atoms with Crippen molar-refractivity contribution in [2.24, 2.45) is 0 Å². The van der Waals surface area contributed by atoms with E-state index in [9.17, 15) is 29.2 Å². The number of esters is 2. The van der Waals surface area contributed by atoms with Crippen molar-refractivity contribution in [3.63, 3.8) is 0 Å². The third-order valence-corrected chi connectivity index (χ3v) is 5.92. The van der Waals surface area contributed by atoms with Crippen LogP contribution in [0.4, 0.5) is 4.39 Å². The summed E-state index contributed by atoms with van der Waals surface area (Å²) in [6, 6.07) is 7.44. The van der Waals surface area contributed by atoms with Crippen molar-refractivity contribution in [3.05, 3.63) is 69.5 Å². The summed E-state index contributed by atoms with van der Waals surface area (Å²) in [6.45, 7) is 2.73. The molecule has 174 valence electrons. The highest BCUT2D eigenvalue weighted by atomic mass is 19.1. The van der Waals surface area contributed by atoms with Crippen LogP contribution in [-0.4, -0.2) is 46.4 Å². The molecule has 4 rings (SSSR count). The number of benzene rings is 2. The molecule has 2 aromatic carbocycles. The van der Waals surface area contributed by atoms with E-state index in [1.807, 2.05) is 0 Å². The fraction of sp³-hybridized carbons (Fsp3) is 0.364. The van der Waals surface area contributed by atoms with Crippen LogP contribution in [0.2, 0.25) is 0 Å². The number of carbonyl (C=O) groups excluding carboxylic acids is 2. The molecule has 2 aromatic rings. The van der Waals surface area contributed by atoms with Crippen molar-refractivity contribution in [1.82, 2.24) is 5.32 Å². The van der Waals surface area contributed by atoms with E-state index in [0.717, 1.165) is 12.1 Å². The van der Waals surface area contributed by atoms with Crippen LogP contribution in [0.1, 0.15) is 36.9 Å². The standard InChI is InChI=1S/C22H21FN2O8/c1-3-31-19(27)21(20(28)32-4-2)17-14-11-12(23)9-10-16(14)33-22(17,25(29)30)18(24-21)13-7-5-6-8-15(13)26/h5-11,17-18,24,26H,3-4H2,1-2H3/t17-,18+,22-/m1/s1. The molecule has 0 radical (unpaired) electrons. The minimum Gasteiger partial charge on any atom is -0.508 e. The number of aromatic hydroxyl groups is 1. The van der Waals surface area contributed by atoms with Crippen molar-refractivity contribution < 1.29 is 38.2 Å². The quantitative estimate of drug-likeness (QED) is 0.288. The number of hydrogen-bond acceptors (Lipinski definition) is 9. The Bertz CT molecular complexity index is 1120. The summed E-state index contributed by atoms with van der Waals surface area (Å²) in [6.07, 6.45) is 0. The minimum atomic E-state index is -2.51. The van der Waals surface area contributed by atoms with Gasteiger partial charge < -0.3 is 19.3 Å². The number of rotatable bonds is 6. The molecule has 0 amide bonds. The van der Waals surface area contributed by atoms with Gasteiger partial charge in [-0.3, -0.25) is 15.4 Å². The van der Waals surface area contributed by atoms with E-state index < -0.39 is 45.9 Å². The van der Waals surface area contributed by atoms with Gasteiger partial charge in [0.25, 0.3) is 0 Å². The summed E-state index contributed by atoms with van der Waals surface area (Å²) < 4.78 is 30.4. The summed E-state index contributed by atoms with van der Waals surface area (Å²) in [5.74, 6) is -5.10. The zero-order valence-corrected chi connectivity index (χ0v) is 17.7. The zero-order chi connectivity index (χ0) is 24.0. The van der Waals surface area contributed by atoms with E-state index in [1.165, 1.54) is 44.2 Å². The number of nitrogens with zero attached hydrogens (tertiary/aromatic N) is 1. The Labute approximate surface area is 187 Å². The van der Waals surface area contributed by atoms with Crippen LogP contribution in [0.5, 0.6) is 11.5 Å². The summed E-state index contributed by atoms with van der Waals surface area (Å²) >= 11 is 0. The Morgan fingerprint density at radius 2 is 1.79 bits per heavy atom. The maximum absolute atomic E-state index is 14.3. The summed E-state index contributed by atoms with van der Waals surface area (Å²) in [5.41, 5.74) is -5.03. The highest BCUT2D eigenvalue weighted by molar-refractivity contribution is 6.07. The molecule has 2 N–H and O–H groups in total. The lowest BCUT2D eigenvalue weighted by Gasteiger charge is -2.29. The van der Waals surface area contributed by atoms with Gasteiger partial charge in [0.05, 0.1) is 18.1 Å². The second-order valence-corrected chi connectivity index (χ2v) is 7.61. The Hall–Kier alpha value is -3.73. The number of para-hydroxylation sites is 1. The second-order valence-electron chi connectivity index (χ2n) is 7.61. The predicted molar refractivity (Wildman–Crippen MR) is 109 cm³/mol. The monoisotopic (exact) mass is 460 g/mol. The topological polar surface area (TPSA) is 137 Å². The van der Waals surface area contributed by atoms with Crippen LogP contribution >= 0.6 is 0 Å². The molecule has 0 saturated carbocycles. The van der Waals surface area contributed by atoms with E-state index >= 15 is 0 Å². The molecule has 10 nitrogen and oxygen atoms in total. The van der Waals surface area contributed by atoms with Crippen molar-refractivity contribution in [3.8, 4) is 11.5 Å². The first-order valence-electron chi connectivity index (χ1n) is 10.3. The molecule has 11 heteroatoms. The lowest BCUT2D eigenvalue weighted by atomic mass is 9.76. The molecular weight excluding hydrogens is 439 g/mol. The molecule has 2 aliphatic heterocycles. The Morgan fingerprint density at radius 1 is 1.15 bits per heavy atom. The Balaban J connectivity index is 2.07. The van der Waals surface area contributed by atoms with Gasteiger partial charge in [0.1, 0.15) is 29.3 Å². The molecule has 1 saturated heterocycles. The van der Waals surface area contributed by atoms with Gasteiger partial charge in [-0.25, -0.2) is 14.0 Å². The second kappa shape index (κ2) is 8.00. The summed E-state index contributed by atoms with van der Waals surface area (Å²) in [4.78, 5) is 38.5. The van der Waals surface area contributed by atoms with Gasteiger partial charge in [0.15, 0.2) is 0 Å². The number of phenols is 1. The van der Waals surface area contributed by atoms with Gasteiger partial charge in [-0.1, -0.05) is 18.2 Å². The Kier molecular flexibility index (Phi) is 5.44. The number of hydrogen-bond donors (Lipinski definition) is 2. The van der Waals surface area contributed by atoms with Crippen molar-refractivity contribution in [2.75, 3.05) is 13.2 Å². The van der Waals surface area contributed by atoms with E-state index in [4.69, 9.17) is 14.2 Å². The highest BCUT2D eigenvalue weighted by Crippen LogP contribution is 2.61. The Morgan fingerprint density at radius 3 is 2.36 bits per heavy atom. The van der Waals surface area contributed by atoms with Crippen LogP contribution in [-0.2, 0) is 19.1 Å². The average molecular weight is 460 g/mol. The first-order chi connectivity index (χ1) is 15.7. The maximum atomic E-state index is 14.3. The van der Waals surface area contributed by atoms with E-state index in [1.54, 1.807) is 0 Å². The zero-order valence-electron chi connectivity index (χ0n) is 17.7. The molecular formula is C22H21FN2O8. The molecule has 2 heterocycles. The molecule has 0 spiro atoms. The van der Waals surface area contributed by atoms with Gasteiger partial charge >= 0.3 is 17.7 Å². The van der Waals surface area contributed by atoms with Crippen molar-refractivity contribution in [1.29, 1.82) is 0 Å². The van der Waals surface area contributed by atoms with E-state index in [-0.39, 0.29) is 35.8 Å². The van der Waals surface area contributed by atoms with Gasteiger partial charge in [-0.2, -0.15) is 0 Å². The smallest absolute Gasteiger partial charge is 0.392 e. The van der Waals surface area contributed by atoms with E-state index in [2.05, 4.69) is 5.32 Å². The fourth-order valence-electron chi connectivity index (χ4n) is 4.69. The first kappa shape index (κ1) is 22.5. The van der Waals surface area contributed by atoms with Gasteiger partial charge in [-0.05, 0) is 38.1 Å². The molecule has 3 atom stereocenters. The van der Waals surface area contributed by atoms with Crippen LogP contribution in [0.15, 0.2) is 42.5 Å².